The van der Waals surface area contributed by atoms with Gasteiger partial charge in [-0.2, -0.15) is 13.2 Å². The first kappa shape index (κ1) is 13.4. The topological polar surface area (TPSA) is 27.1 Å². The minimum absolute atomic E-state index is 0.0791. The third kappa shape index (κ3) is 2.68. The molecule has 0 unspecified atom stereocenters. The molecule has 1 aromatic carbocycles. The van der Waals surface area contributed by atoms with Gasteiger partial charge < -0.3 is 4.90 Å². The van der Waals surface area contributed by atoms with Crippen molar-refractivity contribution in [3.63, 3.8) is 0 Å². The number of nitrogens with one attached hydrogen (secondary N) is 1. The zero-order chi connectivity index (χ0) is 13.3. The molecule has 2 nitrogen and oxygen atoms in total. The molecule has 0 atom stereocenters. The van der Waals surface area contributed by atoms with Gasteiger partial charge in [0, 0.05) is 17.4 Å². The molecule has 1 aliphatic heterocycles. The van der Waals surface area contributed by atoms with E-state index in [1.807, 2.05) is 0 Å². The van der Waals surface area contributed by atoms with Crippen LogP contribution in [0, 0.1) is 5.41 Å². The third-order valence-corrected chi connectivity index (χ3v) is 3.42. The van der Waals surface area contributed by atoms with Crippen LogP contribution < -0.4 is 4.90 Å². The fourth-order valence-electron chi connectivity index (χ4n) is 2.07. The summed E-state index contributed by atoms with van der Waals surface area (Å²) in [5, 5.41) is 7.79. The van der Waals surface area contributed by atoms with Crippen molar-refractivity contribution in [2.75, 3.05) is 11.4 Å². The Balaban J connectivity index is 2.46. The van der Waals surface area contributed by atoms with Crippen molar-refractivity contribution in [1.29, 1.82) is 5.41 Å². The quantitative estimate of drug-likeness (QED) is 0.814. The van der Waals surface area contributed by atoms with Crippen molar-refractivity contribution in [3.05, 3.63) is 28.2 Å². The number of halogens is 4. The predicted octanol–water partition coefficient (Wildman–Crippen LogP) is 4.44. The highest BCUT2D eigenvalue weighted by molar-refractivity contribution is 9.10. The second-order valence-corrected chi connectivity index (χ2v) is 5.13. The van der Waals surface area contributed by atoms with Crippen molar-refractivity contribution in [1.82, 2.24) is 0 Å². The van der Waals surface area contributed by atoms with E-state index in [1.54, 1.807) is 6.07 Å². The van der Waals surface area contributed by atoms with Gasteiger partial charge >= 0.3 is 6.18 Å². The van der Waals surface area contributed by atoms with Gasteiger partial charge in [-0.15, -0.1) is 0 Å². The van der Waals surface area contributed by atoms with Gasteiger partial charge in [0.2, 0.25) is 0 Å². The molecule has 0 spiro atoms. The summed E-state index contributed by atoms with van der Waals surface area (Å²) in [5.74, 6) is 0.258. The molecule has 1 heterocycles. The Kier molecular flexibility index (Phi) is 3.66. The number of nitrogens with zero attached hydrogens (tertiary/aromatic N) is 1. The maximum atomic E-state index is 13.0. The summed E-state index contributed by atoms with van der Waals surface area (Å²) < 4.78 is 39.4. The lowest BCUT2D eigenvalue weighted by Crippen LogP contribution is -2.36. The normalized spacial score (nSPS) is 17.1. The highest BCUT2D eigenvalue weighted by Gasteiger charge is 2.36. The molecule has 98 valence electrons. The third-order valence-electron chi connectivity index (χ3n) is 2.93. The van der Waals surface area contributed by atoms with Crippen LogP contribution in [0.4, 0.5) is 18.9 Å². The molecule has 1 N–H and O–H groups in total. The molecule has 6 heteroatoms. The maximum absolute atomic E-state index is 13.0. The van der Waals surface area contributed by atoms with Crippen LogP contribution in [-0.4, -0.2) is 12.4 Å². The fourth-order valence-corrected chi connectivity index (χ4v) is 2.43. The van der Waals surface area contributed by atoms with Gasteiger partial charge in [-0.1, -0.05) is 15.9 Å². The maximum Gasteiger partial charge on any atom is 0.418 e. The highest BCUT2D eigenvalue weighted by atomic mass is 79.9. The first-order chi connectivity index (χ1) is 8.39. The lowest BCUT2D eigenvalue weighted by atomic mass is 10.1. The van der Waals surface area contributed by atoms with Gasteiger partial charge in [0.05, 0.1) is 11.3 Å². The van der Waals surface area contributed by atoms with E-state index in [1.165, 1.54) is 11.0 Å². The first-order valence-electron chi connectivity index (χ1n) is 5.61. The number of hydrogen-bond acceptors (Lipinski definition) is 1. The van der Waals surface area contributed by atoms with Gasteiger partial charge in [0.25, 0.3) is 0 Å². The largest absolute Gasteiger partial charge is 0.418 e. The van der Waals surface area contributed by atoms with Crippen LogP contribution in [-0.2, 0) is 6.18 Å². The summed E-state index contributed by atoms with van der Waals surface area (Å²) in [4.78, 5) is 1.46. The summed E-state index contributed by atoms with van der Waals surface area (Å²) in [7, 11) is 0. The number of alkyl halides is 3. The second kappa shape index (κ2) is 4.91. The number of piperidine rings is 1. The molecule has 0 bridgehead atoms. The van der Waals surface area contributed by atoms with Crippen LogP contribution in [0.25, 0.3) is 0 Å². The molecule has 0 radical (unpaired) electrons. The molecule has 1 saturated heterocycles. The predicted molar refractivity (Wildman–Crippen MR) is 68.1 cm³/mol. The van der Waals surface area contributed by atoms with Crippen molar-refractivity contribution < 1.29 is 13.2 Å². The van der Waals surface area contributed by atoms with Crippen LogP contribution in [0.15, 0.2) is 22.7 Å². The SMILES string of the molecule is N=C1CCCCN1c1ccc(Br)cc1C(F)(F)F. The molecular weight excluding hydrogens is 309 g/mol. The van der Waals surface area contributed by atoms with Gasteiger partial charge in [0.1, 0.15) is 5.84 Å². The Bertz CT molecular complexity index is 471. The van der Waals surface area contributed by atoms with E-state index in [0.717, 1.165) is 18.9 Å². The molecule has 1 aliphatic rings. The van der Waals surface area contributed by atoms with E-state index in [2.05, 4.69) is 15.9 Å². The van der Waals surface area contributed by atoms with E-state index in [-0.39, 0.29) is 11.5 Å². The summed E-state index contributed by atoms with van der Waals surface area (Å²) >= 11 is 3.06. The molecule has 0 amide bonds. The zero-order valence-corrected chi connectivity index (χ0v) is 11.1. The zero-order valence-electron chi connectivity index (χ0n) is 9.52. The van der Waals surface area contributed by atoms with Crippen molar-refractivity contribution in [2.24, 2.45) is 0 Å². The number of benzene rings is 1. The van der Waals surface area contributed by atoms with E-state index in [9.17, 15) is 13.2 Å². The monoisotopic (exact) mass is 320 g/mol. The molecule has 2 rings (SSSR count). The van der Waals surface area contributed by atoms with Gasteiger partial charge in [-0.25, -0.2) is 0 Å². The van der Waals surface area contributed by atoms with Crippen LogP contribution in [0.5, 0.6) is 0 Å². The van der Waals surface area contributed by atoms with Crippen molar-refractivity contribution in [2.45, 2.75) is 25.4 Å². The summed E-state index contributed by atoms with van der Waals surface area (Å²) in [6.07, 6.45) is -2.19. The van der Waals surface area contributed by atoms with Gasteiger partial charge in [-0.3, -0.25) is 5.41 Å². The van der Waals surface area contributed by atoms with Crippen LogP contribution in [0.3, 0.4) is 0 Å². The van der Waals surface area contributed by atoms with Gasteiger partial charge in [-0.05, 0) is 31.0 Å². The van der Waals surface area contributed by atoms with E-state index in [4.69, 9.17) is 5.41 Å². The van der Waals surface area contributed by atoms with E-state index >= 15 is 0 Å². The summed E-state index contributed by atoms with van der Waals surface area (Å²) in [6.45, 7) is 0.476. The Labute approximate surface area is 111 Å². The first-order valence-corrected chi connectivity index (χ1v) is 6.40. The minimum Gasteiger partial charge on any atom is -0.330 e. The average Bonchev–Trinajstić information content (AvgIpc) is 2.29. The fraction of sp³-hybridized carbons (Fsp3) is 0.417. The Hall–Kier alpha value is -1.04. The number of hydrogen-bond donors (Lipinski definition) is 1. The molecule has 1 aromatic rings. The minimum atomic E-state index is -4.41. The molecule has 1 fully saturated rings. The standard InChI is InChI=1S/C12H12BrF3N2/c13-8-4-5-10(9(7-8)12(14,15)16)18-6-2-1-3-11(18)17/h4-5,7,17H,1-3,6H2. The van der Waals surface area contributed by atoms with E-state index in [0.29, 0.717) is 17.4 Å². The lowest BCUT2D eigenvalue weighted by molar-refractivity contribution is -0.137. The highest BCUT2D eigenvalue weighted by Crippen LogP contribution is 2.39. The Morgan fingerprint density at radius 2 is 1.94 bits per heavy atom. The molecule has 0 aliphatic carbocycles. The smallest absolute Gasteiger partial charge is 0.330 e. The van der Waals surface area contributed by atoms with E-state index < -0.39 is 11.7 Å². The summed E-state index contributed by atoms with van der Waals surface area (Å²) in [5.41, 5.74) is -0.612. The van der Waals surface area contributed by atoms with Gasteiger partial charge in [0.15, 0.2) is 0 Å². The number of rotatable bonds is 1. The number of amidine groups is 1. The number of anilines is 1. The van der Waals surface area contributed by atoms with Crippen molar-refractivity contribution in [3.8, 4) is 0 Å². The van der Waals surface area contributed by atoms with Crippen molar-refractivity contribution >= 4 is 27.5 Å². The second-order valence-electron chi connectivity index (χ2n) is 4.21. The average molecular weight is 321 g/mol. The van der Waals surface area contributed by atoms with Crippen LogP contribution in [0.1, 0.15) is 24.8 Å². The summed E-state index contributed by atoms with van der Waals surface area (Å²) in [6, 6.07) is 4.07. The Morgan fingerprint density at radius 1 is 1.22 bits per heavy atom. The Morgan fingerprint density at radius 3 is 2.56 bits per heavy atom. The molecule has 0 saturated carbocycles. The molecule has 0 aromatic heterocycles. The molecular formula is C12H12BrF3N2. The van der Waals surface area contributed by atoms with Crippen LogP contribution >= 0.6 is 15.9 Å². The molecule has 18 heavy (non-hydrogen) atoms. The van der Waals surface area contributed by atoms with Crippen LogP contribution in [0.2, 0.25) is 0 Å². The lowest BCUT2D eigenvalue weighted by Gasteiger charge is -2.31.